The topological polar surface area (TPSA) is 40.5 Å². The van der Waals surface area contributed by atoms with E-state index in [1.165, 1.54) is 18.3 Å². The minimum atomic E-state index is -1.01. The average molecular weight is 195 g/mol. The number of carboxylic acids is 1. The van der Waals surface area contributed by atoms with E-state index in [1.54, 1.807) is 24.1 Å². The molecule has 0 amide bonds. The summed E-state index contributed by atoms with van der Waals surface area (Å²) in [6.07, 6.45) is 2.42. The van der Waals surface area contributed by atoms with Crippen LogP contribution in [0.15, 0.2) is 36.5 Å². The highest BCUT2D eigenvalue weighted by Gasteiger charge is 1.97. The van der Waals surface area contributed by atoms with Gasteiger partial charge in [0, 0.05) is 25.0 Å². The Kier molecular flexibility index (Phi) is 3.23. The van der Waals surface area contributed by atoms with Crippen LogP contribution in [0.1, 0.15) is 0 Å². The quantitative estimate of drug-likeness (QED) is 0.748. The van der Waals surface area contributed by atoms with Gasteiger partial charge in [0.15, 0.2) is 0 Å². The van der Waals surface area contributed by atoms with Crippen LogP contribution in [0.5, 0.6) is 0 Å². The molecule has 0 aliphatic rings. The number of rotatable bonds is 3. The van der Waals surface area contributed by atoms with Gasteiger partial charge in [-0.3, -0.25) is 0 Å². The SMILES string of the molecule is CN(/C=C/C(=O)O)c1ccc(F)cc1. The highest BCUT2D eigenvalue weighted by Crippen LogP contribution is 2.12. The molecule has 0 saturated carbocycles. The molecule has 1 rings (SSSR count). The molecule has 3 nitrogen and oxygen atoms in total. The van der Waals surface area contributed by atoms with E-state index in [1.807, 2.05) is 0 Å². The van der Waals surface area contributed by atoms with Crippen molar-refractivity contribution < 1.29 is 14.3 Å². The number of benzene rings is 1. The van der Waals surface area contributed by atoms with Crippen molar-refractivity contribution in [3.63, 3.8) is 0 Å². The molecule has 1 N–H and O–H groups in total. The van der Waals surface area contributed by atoms with E-state index in [-0.39, 0.29) is 5.82 Å². The van der Waals surface area contributed by atoms with Crippen molar-refractivity contribution >= 4 is 11.7 Å². The zero-order chi connectivity index (χ0) is 10.6. The molecule has 4 heteroatoms. The first-order valence-electron chi connectivity index (χ1n) is 3.99. The molecular weight excluding hydrogens is 185 g/mol. The number of anilines is 1. The molecule has 14 heavy (non-hydrogen) atoms. The molecule has 0 unspecified atom stereocenters. The molecule has 0 bridgehead atoms. The monoisotopic (exact) mass is 195 g/mol. The molecule has 0 fully saturated rings. The summed E-state index contributed by atoms with van der Waals surface area (Å²) >= 11 is 0. The molecule has 0 atom stereocenters. The fourth-order valence-corrected chi connectivity index (χ4v) is 0.938. The van der Waals surface area contributed by atoms with Gasteiger partial charge in [0.25, 0.3) is 0 Å². The molecule has 1 aromatic carbocycles. The highest BCUT2D eigenvalue weighted by molar-refractivity contribution is 5.80. The number of hydrogen-bond donors (Lipinski definition) is 1. The number of halogens is 1. The van der Waals surface area contributed by atoms with E-state index < -0.39 is 5.97 Å². The first-order valence-corrected chi connectivity index (χ1v) is 3.99. The fourth-order valence-electron chi connectivity index (χ4n) is 0.938. The van der Waals surface area contributed by atoms with Gasteiger partial charge in [-0.1, -0.05) is 0 Å². The number of aliphatic carboxylic acids is 1. The van der Waals surface area contributed by atoms with E-state index in [2.05, 4.69) is 0 Å². The summed E-state index contributed by atoms with van der Waals surface area (Å²) in [7, 11) is 1.69. The molecule has 0 heterocycles. The molecular formula is C10H10FNO2. The lowest BCUT2D eigenvalue weighted by Gasteiger charge is -2.12. The second-order valence-corrected chi connectivity index (χ2v) is 2.74. The minimum Gasteiger partial charge on any atom is -0.478 e. The molecule has 0 radical (unpaired) electrons. The maximum atomic E-state index is 12.5. The van der Waals surface area contributed by atoms with Gasteiger partial charge in [-0.05, 0) is 24.3 Å². The predicted octanol–water partition coefficient (Wildman–Crippen LogP) is 1.86. The summed E-state index contributed by atoms with van der Waals surface area (Å²) in [6, 6.07) is 5.78. The second-order valence-electron chi connectivity index (χ2n) is 2.74. The van der Waals surface area contributed by atoms with Crippen LogP contribution in [-0.2, 0) is 4.79 Å². The van der Waals surface area contributed by atoms with Crippen LogP contribution in [0.2, 0.25) is 0 Å². The molecule has 1 aromatic rings. The van der Waals surface area contributed by atoms with Crippen molar-refractivity contribution in [2.24, 2.45) is 0 Å². The van der Waals surface area contributed by atoms with Crippen LogP contribution in [0.3, 0.4) is 0 Å². The Hall–Kier alpha value is -1.84. The number of nitrogens with zero attached hydrogens (tertiary/aromatic N) is 1. The van der Waals surface area contributed by atoms with Crippen LogP contribution in [-0.4, -0.2) is 18.1 Å². The largest absolute Gasteiger partial charge is 0.478 e. The van der Waals surface area contributed by atoms with E-state index in [9.17, 15) is 9.18 Å². The Morgan fingerprint density at radius 2 is 2.00 bits per heavy atom. The Morgan fingerprint density at radius 1 is 1.43 bits per heavy atom. The van der Waals surface area contributed by atoms with Crippen molar-refractivity contribution in [1.82, 2.24) is 0 Å². The molecule has 0 aliphatic carbocycles. The van der Waals surface area contributed by atoms with E-state index in [0.29, 0.717) is 0 Å². The lowest BCUT2D eigenvalue weighted by Crippen LogP contribution is -2.08. The third-order valence-corrected chi connectivity index (χ3v) is 1.67. The summed E-state index contributed by atoms with van der Waals surface area (Å²) in [5.41, 5.74) is 0.726. The molecule has 0 spiro atoms. The Morgan fingerprint density at radius 3 is 2.50 bits per heavy atom. The van der Waals surface area contributed by atoms with Crippen LogP contribution < -0.4 is 4.90 Å². The summed E-state index contributed by atoms with van der Waals surface area (Å²) in [4.78, 5) is 11.8. The van der Waals surface area contributed by atoms with E-state index >= 15 is 0 Å². The van der Waals surface area contributed by atoms with Crippen molar-refractivity contribution in [3.8, 4) is 0 Å². The smallest absolute Gasteiger partial charge is 0.329 e. The van der Waals surface area contributed by atoms with Crippen LogP contribution >= 0.6 is 0 Å². The van der Waals surface area contributed by atoms with Crippen molar-refractivity contribution in [2.45, 2.75) is 0 Å². The third-order valence-electron chi connectivity index (χ3n) is 1.67. The van der Waals surface area contributed by atoms with Gasteiger partial charge in [0.05, 0.1) is 0 Å². The third kappa shape index (κ3) is 2.90. The highest BCUT2D eigenvalue weighted by atomic mass is 19.1. The van der Waals surface area contributed by atoms with Crippen LogP contribution in [0.4, 0.5) is 10.1 Å². The second kappa shape index (κ2) is 4.41. The number of hydrogen-bond acceptors (Lipinski definition) is 2. The molecule has 74 valence electrons. The fraction of sp³-hybridized carbons (Fsp3) is 0.100. The maximum absolute atomic E-state index is 12.5. The van der Waals surface area contributed by atoms with Crippen molar-refractivity contribution in [3.05, 3.63) is 42.4 Å². The average Bonchev–Trinajstić information content (AvgIpc) is 2.15. The predicted molar refractivity (Wildman–Crippen MR) is 51.6 cm³/mol. The lowest BCUT2D eigenvalue weighted by molar-refractivity contribution is -0.131. The number of carbonyl (C=O) groups is 1. The first kappa shape index (κ1) is 10.2. The standard InChI is InChI=1S/C10H10FNO2/c1-12(7-6-10(13)14)9-4-2-8(11)3-5-9/h2-7H,1H3,(H,13,14)/b7-6+. The normalized spacial score (nSPS) is 10.4. The van der Waals surface area contributed by atoms with E-state index in [4.69, 9.17) is 5.11 Å². The van der Waals surface area contributed by atoms with Gasteiger partial charge in [0.1, 0.15) is 5.82 Å². The Bertz CT molecular complexity index is 346. The van der Waals surface area contributed by atoms with Gasteiger partial charge in [-0.15, -0.1) is 0 Å². The molecule has 0 aromatic heterocycles. The Balaban J connectivity index is 2.74. The summed E-state index contributed by atoms with van der Waals surface area (Å²) in [6.45, 7) is 0. The first-order chi connectivity index (χ1) is 6.59. The summed E-state index contributed by atoms with van der Waals surface area (Å²) in [5.74, 6) is -1.33. The molecule has 0 saturated heterocycles. The van der Waals surface area contributed by atoms with Crippen LogP contribution in [0, 0.1) is 5.82 Å². The van der Waals surface area contributed by atoms with Crippen molar-refractivity contribution in [1.29, 1.82) is 0 Å². The zero-order valence-electron chi connectivity index (χ0n) is 7.64. The zero-order valence-corrected chi connectivity index (χ0v) is 7.64. The summed E-state index contributed by atoms with van der Waals surface area (Å²) in [5, 5.41) is 8.38. The number of carboxylic acid groups (broad SMARTS) is 1. The van der Waals surface area contributed by atoms with Gasteiger partial charge in [0.2, 0.25) is 0 Å². The van der Waals surface area contributed by atoms with Gasteiger partial charge >= 0.3 is 5.97 Å². The Labute approximate surface area is 81.1 Å². The molecule has 0 aliphatic heterocycles. The van der Waals surface area contributed by atoms with Gasteiger partial charge in [-0.25, -0.2) is 9.18 Å². The summed E-state index contributed by atoms with van der Waals surface area (Å²) < 4.78 is 12.5. The van der Waals surface area contributed by atoms with Gasteiger partial charge < -0.3 is 10.0 Å². The minimum absolute atomic E-state index is 0.315. The van der Waals surface area contributed by atoms with Gasteiger partial charge in [-0.2, -0.15) is 0 Å². The maximum Gasteiger partial charge on any atom is 0.329 e. The lowest BCUT2D eigenvalue weighted by atomic mass is 10.3. The van der Waals surface area contributed by atoms with E-state index in [0.717, 1.165) is 11.8 Å². The van der Waals surface area contributed by atoms with Crippen LogP contribution in [0.25, 0.3) is 0 Å². The van der Waals surface area contributed by atoms with Crippen molar-refractivity contribution in [2.75, 3.05) is 11.9 Å².